The summed E-state index contributed by atoms with van der Waals surface area (Å²) in [4.78, 5) is 10.5. The number of benzene rings is 2. The van der Waals surface area contributed by atoms with Crippen molar-refractivity contribution in [2.24, 2.45) is 0 Å². The van der Waals surface area contributed by atoms with Gasteiger partial charge in [-0.2, -0.15) is 10.5 Å². The Bertz CT molecular complexity index is 1310. The first-order valence-electron chi connectivity index (χ1n) is 12.5. The number of aromatic hydroxyl groups is 2. The second-order valence-electron chi connectivity index (χ2n) is 8.86. The Kier molecular flexibility index (Phi) is 10.4. The Morgan fingerprint density at radius 3 is 2.26 bits per heavy atom. The molecule has 0 radical (unpaired) electrons. The number of allylic oxidation sites excluding steroid dienone is 4. The molecule has 38 heavy (non-hydrogen) atoms. The Hall–Kier alpha value is -4.69. The first-order chi connectivity index (χ1) is 18.4. The van der Waals surface area contributed by atoms with Crippen molar-refractivity contribution in [1.29, 1.82) is 10.5 Å². The van der Waals surface area contributed by atoms with Crippen LogP contribution < -0.4 is 9.47 Å². The van der Waals surface area contributed by atoms with Gasteiger partial charge < -0.3 is 24.8 Å². The van der Waals surface area contributed by atoms with Gasteiger partial charge in [0.1, 0.15) is 46.5 Å². The molecule has 1 aliphatic heterocycles. The highest BCUT2D eigenvalue weighted by Crippen LogP contribution is 2.38. The van der Waals surface area contributed by atoms with Gasteiger partial charge in [-0.1, -0.05) is 32.1 Å². The van der Waals surface area contributed by atoms with Gasteiger partial charge in [0.15, 0.2) is 0 Å². The quantitative estimate of drug-likeness (QED) is 0.204. The third-order valence-corrected chi connectivity index (χ3v) is 5.98. The molecule has 0 saturated carbocycles. The minimum Gasteiger partial charge on any atom is -0.508 e. The van der Waals surface area contributed by atoms with E-state index < -0.39 is 5.97 Å². The molecule has 8 nitrogen and oxygen atoms in total. The molecule has 0 atom stereocenters. The van der Waals surface area contributed by atoms with Gasteiger partial charge in [0, 0.05) is 29.2 Å². The minimum absolute atomic E-state index is 0.00547. The Morgan fingerprint density at radius 2 is 1.55 bits per heavy atom. The van der Waals surface area contributed by atoms with Crippen molar-refractivity contribution in [2.75, 3.05) is 6.61 Å². The standard InChI is InChI=1S/C30H30N2O6/c31-19-22(20-32)26-18-25(38-28-14-12-23(33)16-27(26)28)13-10-21-9-11-24(34)17-29(21)37-15-7-5-3-1-2-4-6-8-30(35)36/h9-14,16-18,33-34H,1-8,15H2,(H,35,36)/b13-10+. The zero-order chi connectivity index (χ0) is 27.3. The maximum absolute atomic E-state index is 10.5. The molecule has 2 aromatic rings. The zero-order valence-corrected chi connectivity index (χ0v) is 21.0. The second-order valence-corrected chi connectivity index (χ2v) is 8.86. The van der Waals surface area contributed by atoms with Crippen LogP contribution >= 0.6 is 0 Å². The van der Waals surface area contributed by atoms with Crippen LogP contribution in [0.25, 0.3) is 11.6 Å². The SMILES string of the molecule is N#CC(C#N)=C1C=C(/C=C/c2ccc(O)cc2OCCCCCCCCCC(=O)O)Oc2ccc(O)cc21. The maximum Gasteiger partial charge on any atom is 0.303 e. The number of rotatable bonds is 13. The average Bonchev–Trinajstić information content (AvgIpc) is 2.90. The number of carboxylic acid groups (broad SMARTS) is 1. The monoisotopic (exact) mass is 514 g/mol. The van der Waals surface area contributed by atoms with Crippen LogP contribution in [0.1, 0.15) is 62.5 Å². The van der Waals surface area contributed by atoms with E-state index in [9.17, 15) is 25.5 Å². The molecular formula is C30H30N2O6. The predicted octanol–water partition coefficient (Wildman–Crippen LogP) is 6.47. The number of phenols is 2. The summed E-state index contributed by atoms with van der Waals surface area (Å²) in [6.07, 6.45) is 11.9. The molecule has 0 bridgehead atoms. The summed E-state index contributed by atoms with van der Waals surface area (Å²) in [5.74, 6) is 0.650. The Balaban J connectivity index is 1.62. The van der Waals surface area contributed by atoms with Crippen molar-refractivity contribution in [3.63, 3.8) is 0 Å². The van der Waals surface area contributed by atoms with Crippen LogP contribution in [0, 0.1) is 22.7 Å². The number of aliphatic carboxylic acids is 1. The van der Waals surface area contributed by atoms with E-state index in [0.29, 0.717) is 40.6 Å². The number of nitrogens with zero attached hydrogens (tertiary/aromatic N) is 2. The van der Waals surface area contributed by atoms with E-state index in [1.165, 1.54) is 12.1 Å². The highest BCUT2D eigenvalue weighted by Gasteiger charge is 2.20. The number of phenolic OH excluding ortho intramolecular Hbond substituents is 2. The lowest BCUT2D eigenvalue weighted by molar-refractivity contribution is -0.137. The number of nitriles is 2. The van der Waals surface area contributed by atoms with Crippen LogP contribution in [0.5, 0.6) is 23.0 Å². The van der Waals surface area contributed by atoms with E-state index in [2.05, 4.69) is 0 Å². The summed E-state index contributed by atoms with van der Waals surface area (Å²) < 4.78 is 11.8. The van der Waals surface area contributed by atoms with Gasteiger partial charge in [-0.3, -0.25) is 4.79 Å². The lowest BCUT2D eigenvalue weighted by atomic mass is 9.97. The summed E-state index contributed by atoms with van der Waals surface area (Å²) in [6.45, 7) is 0.486. The van der Waals surface area contributed by atoms with Crippen LogP contribution in [0.15, 0.2) is 59.9 Å². The lowest BCUT2D eigenvalue weighted by Gasteiger charge is -2.19. The number of unbranched alkanes of at least 4 members (excludes halogenated alkanes) is 6. The van der Waals surface area contributed by atoms with E-state index in [1.54, 1.807) is 42.5 Å². The van der Waals surface area contributed by atoms with E-state index in [-0.39, 0.29) is 23.5 Å². The van der Waals surface area contributed by atoms with E-state index >= 15 is 0 Å². The van der Waals surface area contributed by atoms with Crippen LogP contribution in [0.3, 0.4) is 0 Å². The van der Waals surface area contributed by atoms with Crippen molar-refractivity contribution >= 4 is 17.6 Å². The number of hydrogen-bond acceptors (Lipinski definition) is 7. The van der Waals surface area contributed by atoms with Crippen LogP contribution in [0.2, 0.25) is 0 Å². The molecule has 2 aromatic carbocycles. The average molecular weight is 515 g/mol. The molecule has 0 aromatic heterocycles. The highest BCUT2D eigenvalue weighted by atomic mass is 16.5. The minimum atomic E-state index is -0.744. The number of carboxylic acids is 1. The molecule has 0 amide bonds. The van der Waals surface area contributed by atoms with Crippen LogP contribution in [0.4, 0.5) is 0 Å². The fraction of sp³-hybridized carbons (Fsp3) is 0.300. The van der Waals surface area contributed by atoms with Crippen LogP contribution in [-0.4, -0.2) is 27.9 Å². The lowest BCUT2D eigenvalue weighted by Crippen LogP contribution is -2.04. The molecule has 0 spiro atoms. The first-order valence-corrected chi connectivity index (χ1v) is 12.5. The predicted molar refractivity (Wildman–Crippen MR) is 142 cm³/mol. The van der Waals surface area contributed by atoms with Gasteiger partial charge in [-0.05, 0) is 61.4 Å². The number of fused-ring (bicyclic) bond motifs is 1. The summed E-state index contributed by atoms with van der Waals surface area (Å²) in [5, 5.41) is 47.2. The molecule has 8 heteroatoms. The Morgan fingerprint density at radius 1 is 0.895 bits per heavy atom. The highest BCUT2D eigenvalue weighted by molar-refractivity contribution is 5.87. The molecule has 0 aliphatic carbocycles. The van der Waals surface area contributed by atoms with Crippen molar-refractivity contribution in [1.82, 2.24) is 0 Å². The van der Waals surface area contributed by atoms with Gasteiger partial charge in [-0.15, -0.1) is 0 Å². The summed E-state index contributed by atoms with van der Waals surface area (Å²) in [5.41, 5.74) is 1.43. The first kappa shape index (κ1) is 27.9. The molecule has 0 unspecified atom stereocenters. The van der Waals surface area contributed by atoms with Crippen molar-refractivity contribution in [2.45, 2.75) is 51.4 Å². The van der Waals surface area contributed by atoms with Gasteiger partial charge in [0.25, 0.3) is 0 Å². The third kappa shape index (κ3) is 8.18. The topological polar surface area (TPSA) is 144 Å². The molecule has 196 valence electrons. The van der Waals surface area contributed by atoms with Crippen molar-refractivity contribution < 1.29 is 29.6 Å². The fourth-order valence-corrected chi connectivity index (χ4v) is 4.03. The van der Waals surface area contributed by atoms with Crippen molar-refractivity contribution in [3.8, 4) is 35.1 Å². The van der Waals surface area contributed by atoms with Crippen molar-refractivity contribution in [3.05, 3.63) is 71.0 Å². The molecule has 1 aliphatic rings. The van der Waals surface area contributed by atoms with Crippen LogP contribution in [-0.2, 0) is 4.79 Å². The summed E-state index contributed by atoms with van der Waals surface area (Å²) in [7, 11) is 0. The molecular weight excluding hydrogens is 484 g/mol. The third-order valence-electron chi connectivity index (χ3n) is 5.98. The number of hydrogen-bond donors (Lipinski definition) is 3. The van der Waals surface area contributed by atoms with Gasteiger partial charge in [-0.25, -0.2) is 0 Å². The molecule has 0 saturated heterocycles. The molecule has 0 fully saturated rings. The molecule has 3 N–H and O–H groups in total. The normalized spacial score (nSPS) is 12.2. The summed E-state index contributed by atoms with van der Waals surface area (Å²) in [6, 6.07) is 13.1. The van der Waals surface area contributed by atoms with Gasteiger partial charge in [0.2, 0.25) is 0 Å². The van der Waals surface area contributed by atoms with Gasteiger partial charge >= 0.3 is 5.97 Å². The number of ether oxygens (including phenoxy) is 2. The number of carbonyl (C=O) groups is 1. The van der Waals surface area contributed by atoms with E-state index in [0.717, 1.165) is 44.9 Å². The van der Waals surface area contributed by atoms with E-state index in [1.807, 2.05) is 12.1 Å². The second kappa shape index (κ2) is 14.2. The smallest absolute Gasteiger partial charge is 0.303 e. The molecule has 3 rings (SSSR count). The summed E-state index contributed by atoms with van der Waals surface area (Å²) >= 11 is 0. The van der Waals surface area contributed by atoms with Gasteiger partial charge in [0.05, 0.1) is 6.61 Å². The van der Waals surface area contributed by atoms with E-state index in [4.69, 9.17) is 14.6 Å². The maximum atomic E-state index is 10.5. The molecule has 1 heterocycles. The largest absolute Gasteiger partial charge is 0.508 e. The zero-order valence-electron chi connectivity index (χ0n) is 21.0. The fourth-order valence-electron chi connectivity index (χ4n) is 4.03. The Labute approximate surface area is 222 Å².